The summed E-state index contributed by atoms with van der Waals surface area (Å²) < 4.78 is 60.1. The number of sulfonamides is 1. The fourth-order valence-corrected chi connectivity index (χ4v) is 2.59. The van der Waals surface area contributed by atoms with Crippen molar-refractivity contribution >= 4 is 16.0 Å². The molecule has 5 nitrogen and oxygen atoms in total. The topological polar surface area (TPSA) is 74.7 Å². The standard InChI is InChI=1S/C11H12F3NO4S/c1-15(7-11(12,13)14)20(18,19)6-8-2-4-9(5-3-8)10(16)17/h2-5H,6-7H2,1H3,(H,16,17). The summed E-state index contributed by atoms with van der Waals surface area (Å²) in [7, 11) is -3.27. The summed E-state index contributed by atoms with van der Waals surface area (Å²) in [6.07, 6.45) is -4.62. The van der Waals surface area contributed by atoms with Gasteiger partial charge in [-0.05, 0) is 17.7 Å². The molecule has 0 atom stereocenters. The van der Waals surface area contributed by atoms with Gasteiger partial charge in [0.2, 0.25) is 10.0 Å². The Hall–Kier alpha value is -1.61. The quantitative estimate of drug-likeness (QED) is 0.898. The third kappa shape index (κ3) is 4.82. The van der Waals surface area contributed by atoms with Crippen LogP contribution in [-0.4, -0.2) is 43.6 Å². The van der Waals surface area contributed by atoms with Crippen LogP contribution in [0.15, 0.2) is 24.3 Å². The minimum Gasteiger partial charge on any atom is -0.478 e. The molecule has 112 valence electrons. The van der Waals surface area contributed by atoms with Gasteiger partial charge in [-0.25, -0.2) is 13.2 Å². The van der Waals surface area contributed by atoms with Crippen molar-refractivity contribution in [1.29, 1.82) is 0 Å². The highest BCUT2D eigenvalue weighted by atomic mass is 32.2. The van der Waals surface area contributed by atoms with Crippen LogP contribution in [0.3, 0.4) is 0 Å². The molecule has 0 aliphatic heterocycles. The molecule has 0 aliphatic carbocycles. The molecular weight excluding hydrogens is 299 g/mol. The smallest absolute Gasteiger partial charge is 0.402 e. The van der Waals surface area contributed by atoms with Crippen molar-refractivity contribution in [2.24, 2.45) is 0 Å². The van der Waals surface area contributed by atoms with Gasteiger partial charge in [0.25, 0.3) is 0 Å². The first kappa shape index (κ1) is 16.4. The van der Waals surface area contributed by atoms with E-state index in [1.165, 1.54) is 24.3 Å². The molecule has 0 fully saturated rings. The Morgan fingerprint density at radius 3 is 2.15 bits per heavy atom. The predicted molar refractivity (Wildman–Crippen MR) is 64.7 cm³/mol. The number of halogens is 3. The maximum absolute atomic E-state index is 12.1. The van der Waals surface area contributed by atoms with Gasteiger partial charge in [-0.15, -0.1) is 0 Å². The van der Waals surface area contributed by atoms with Crippen LogP contribution in [0.25, 0.3) is 0 Å². The minimum absolute atomic E-state index is 0.0326. The Bertz CT molecular complexity index is 581. The van der Waals surface area contributed by atoms with Crippen molar-refractivity contribution in [3.63, 3.8) is 0 Å². The molecule has 0 radical (unpaired) electrons. The second kappa shape index (κ2) is 5.80. The molecule has 0 saturated carbocycles. The molecule has 0 unspecified atom stereocenters. The van der Waals surface area contributed by atoms with E-state index in [-0.39, 0.29) is 15.4 Å². The molecular formula is C11H12F3NO4S. The Morgan fingerprint density at radius 1 is 1.25 bits per heavy atom. The number of benzene rings is 1. The normalized spacial score (nSPS) is 12.7. The van der Waals surface area contributed by atoms with Gasteiger partial charge in [0.1, 0.15) is 6.54 Å². The lowest BCUT2D eigenvalue weighted by molar-refractivity contribution is -0.134. The molecule has 1 aromatic carbocycles. The van der Waals surface area contributed by atoms with Gasteiger partial charge >= 0.3 is 12.1 Å². The first-order valence-electron chi connectivity index (χ1n) is 5.34. The van der Waals surface area contributed by atoms with E-state index < -0.39 is 34.5 Å². The van der Waals surface area contributed by atoms with Crippen molar-refractivity contribution < 1.29 is 31.5 Å². The second-order valence-electron chi connectivity index (χ2n) is 4.13. The highest BCUT2D eigenvalue weighted by Gasteiger charge is 2.34. The molecule has 0 heterocycles. The van der Waals surface area contributed by atoms with Gasteiger partial charge in [-0.1, -0.05) is 12.1 Å². The van der Waals surface area contributed by atoms with E-state index in [1.54, 1.807) is 0 Å². The molecule has 0 bridgehead atoms. The Morgan fingerprint density at radius 2 is 1.75 bits per heavy atom. The largest absolute Gasteiger partial charge is 0.478 e. The van der Waals surface area contributed by atoms with Crippen LogP contribution >= 0.6 is 0 Å². The monoisotopic (exact) mass is 311 g/mol. The molecule has 1 aromatic rings. The lowest BCUT2D eigenvalue weighted by Gasteiger charge is -2.18. The maximum Gasteiger partial charge on any atom is 0.402 e. The molecule has 9 heteroatoms. The van der Waals surface area contributed by atoms with Crippen LogP contribution in [0.2, 0.25) is 0 Å². The zero-order valence-electron chi connectivity index (χ0n) is 10.4. The number of alkyl halides is 3. The second-order valence-corrected chi connectivity index (χ2v) is 6.21. The van der Waals surface area contributed by atoms with E-state index in [4.69, 9.17) is 5.11 Å². The summed E-state index contributed by atoms with van der Waals surface area (Å²) in [5.74, 6) is -1.80. The highest BCUT2D eigenvalue weighted by Crippen LogP contribution is 2.19. The summed E-state index contributed by atoms with van der Waals surface area (Å²) in [5.41, 5.74) is 0.179. The van der Waals surface area contributed by atoms with E-state index in [0.29, 0.717) is 0 Å². The van der Waals surface area contributed by atoms with Gasteiger partial charge in [0.15, 0.2) is 0 Å². The number of hydrogen-bond acceptors (Lipinski definition) is 3. The Labute approximate surface area is 113 Å². The number of nitrogens with zero attached hydrogens (tertiary/aromatic N) is 1. The van der Waals surface area contributed by atoms with Crippen molar-refractivity contribution in [2.45, 2.75) is 11.9 Å². The van der Waals surface area contributed by atoms with Gasteiger partial charge in [0, 0.05) is 7.05 Å². The fraction of sp³-hybridized carbons (Fsp3) is 0.364. The molecule has 20 heavy (non-hydrogen) atoms. The number of carboxylic acids is 1. The molecule has 0 spiro atoms. The number of rotatable bonds is 5. The van der Waals surface area contributed by atoms with Gasteiger partial charge in [0.05, 0.1) is 11.3 Å². The van der Waals surface area contributed by atoms with Crippen LogP contribution in [0.1, 0.15) is 15.9 Å². The zero-order valence-corrected chi connectivity index (χ0v) is 11.2. The van der Waals surface area contributed by atoms with E-state index in [1.807, 2.05) is 0 Å². The van der Waals surface area contributed by atoms with Crippen molar-refractivity contribution in [3.05, 3.63) is 35.4 Å². The number of aromatic carboxylic acids is 1. The fourth-order valence-electron chi connectivity index (χ4n) is 1.42. The molecule has 0 aromatic heterocycles. The Balaban J connectivity index is 2.83. The van der Waals surface area contributed by atoms with Crippen LogP contribution in [-0.2, 0) is 15.8 Å². The van der Waals surface area contributed by atoms with Crippen LogP contribution in [0, 0.1) is 0 Å². The highest BCUT2D eigenvalue weighted by molar-refractivity contribution is 7.88. The average molecular weight is 311 g/mol. The SMILES string of the molecule is CN(CC(F)(F)F)S(=O)(=O)Cc1ccc(C(=O)O)cc1. The predicted octanol–water partition coefficient (Wildman–Crippen LogP) is 1.71. The summed E-state index contributed by atoms with van der Waals surface area (Å²) >= 11 is 0. The van der Waals surface area contributed by atoms with Crippen molar-refractivity contribution in [2.75, 3.05) is 13.6 Å². The van der Waals surface area contributed by atoms with Crippen LogP contribution < -0.4 is 0 Å². The lowest BCUT2D eigenvalue weighted by atomic mass is 10.1. The molecule has 0 aliphatic rings. The van der Waals surface area contributed by atoms with Crippen molar-refractivity contribution in [1.82, 2.24) is 4.31 Å². The van der Waals surface area contributed by atoms with Gasteiger partial charge in [-0.3, -0.25) is 0 Å². The summed E-state index contributed by atoms with van der Waals surface area (Å²) in [5, 5.41) is 8.67. The van der Waals surface area contributed by atoms with E-state index in [0.717, 1.165) is 7.05 Å². The first-order chi connectivity index (χ1) is 9.01. The number of carbonyl (C=O) groups is 1. The first-order valence-corrected chi connectivity index (χ1v) is 6.95. The van der Waals surface area contributed by atoms with Gasteiger partial charge in [-0.2, -0.15) is 17.5 Å². The zero-order chi connectivity index (χ0) is 15.6. The maximum atomic E-state index is 12.1. The van der Waals surface area contributed by atoms with E-state index >= 15 is 0 Å². The molecule has 1 rings (SSSR count). The third-order valence-corrected chi connectivity index (χ3v) is 4.20. The average Bonchev–Trinajstić information content (AvgIpc) is 2.26. The van der Waals surface area contributed by atoms with Crippen LogP contribution in [0.4, 0.5) is 13.2 Å². The summed E-state index contributed by atoms with van der Waals surface area (Å²) in [6.45, 7) is -1.57. The Kier molecular flexibility index (Phi) is 4.77. The minimum atomic E-state index is -4.62. The van der Waals surface area contributed by atoms with E-state index in [2.05, 4.69) is 0 Å². The molecule has 1 N–H and O–H groups in total. The molecule has 0 amide bonds. The lowest BCUT2D eigenvalue weighted by Crippen LogP contribution is -2.36. The summed E-state index contributed by atoms with van der Waals surface area (Å²) in [4.78, 5) is 10.6. The number of hydrogen-bond donors (Lipinski definition) is 1. The van der Waals surface area contributed by atoms with E-state index in [9.17, 15) is 26.4 Å². The van der Waals surface area contributed by atoms with Crippen molar-refractivity contribution in [3.8, 4) is 0 Å². The molecule has 0 saturated heterocycles. The van der Waals surface area contributed by atoms with Crippen LogP contribution in [0.5, 0.6) is 0 Å². The third-order valence-electron chi connectivity index (χ3n) is 2.43. The summed E-state index contributed by atoms with van der Waals surface area (Å²) in [6, 6.07) is 4.89. The van der Waals surface area contributed by atoms with Gasteiger partial charge < -0.3 is 5.11 Å². The number of carboxylic acid groups (broad SMARTS) is 1.